The highest BCUT2D eigenvalue weighted by Crippen LogP contribution is 2.36. The van der Waals surface area contributed by atoms with Gasteiger partial charge in [0.1, 0.15) is 0 Å². The molecule has 0 heterocycles. The molecule has 1 rings (SSSR count). The highest BCUT2D eigenvalue weighted by Gasteiger charge is 2.16. The lowest BCUT2D eigenvalue weighted by molar-refractivity contribution is 0.268. The molecular formula is C12H18ClNO3. The van der Waals surface area contributed by atoms with Crippen molar-refractivity contribution in [1.82, 2.24) is 5.32 Å². The number of nitrogens with one attached hydrogen (secondary N) is 1. The van der Waals surface area contributed by atoms with Crippen molar-refractivity contribution in [3.8, 4) is 11.5 Å². The van der Waals surface area contributed by atoms with Gasteiger partial charge in [-0.25, -0.2) is 0 Å². The van der Waals surface area contributed by atoms with Crippen LogP contribution < -0.4 is 14.8 Å². The van der Waals surface area contributed by atoms with Gasteiger partial charge in [-0.1, -0.05) is 11.6 Å². The Kier molecular flexibility index (Phi) is 5.55. The third kappa shape index (κ3) is 3.25. The summed E-state index contributed by atoms with van der Waals surface area (Å²) in [4.78, 5) is 0. The summed E-state index contributed by atoms with van der Waals surface area (Å²) >= 11 is 6.19. The van der Waals surface area contributed by atoms with E-state index in [2.05, 4.69) is 5.32 Å². The van der Waals surface area contributed by atoms with Crippen LogP contribution in [-0.2, 0) is 0 Å². The number of aliphatic hydroxyl groups excluding tert-OH is 1. The molecule has 5 heteroatoms. The zero-order valence-electron chi connectivity index (χ0n) is 10.3. The van der Waals surface area contributed by atoms with Crippen molar-refractivity contribution in [3.63, 3.8) is 0 Å². The summed E-state index contributed by atoms with van der Waals surface area (Å²) in [7, 11) is 4.97. The van der Waals surface area contributed by atoms with Gasteiger partial charge in [0.05, 0.1) is 14.2 Å². The van der Waals surface area contributed by atoms with Crippen LogP contribution in [0, 0.1) is 0 Å². The number of hydrogen-bond acceptors (Lipinski definition) is 4. The Morgan fingerprint density at radius 1 is 1.29 bits per heavy atom. The molecule has 0 aliphatic heterocycles. The molecule has 4 nitrogen and oxygen atoms in total. The topological polar surface area (TPSA) is 50.7 Å². The molecule has 1 atom stereocenters. The maximum Gasteiger partial charge on any atom is 0.162 e. The first-order chi connectivity index (χ1) is 8.17. The molecule has 2 N–H and O–H groups in total. The standard InChI is InChI=1S/C12H18ClNO3/c1-14-10(4-5-15)8-6-11(16-2)12(17-3)7-9(8)13/h6-7,10,14-15H,4-5H2,1-3H3. The summed E-state index contributed by atoms with van der Waals surface area (Å²) in [5.41, 5.74) is 0.890. The maximum atomic E-state index is 9.01. The largest absolute Gasteiger partial charge is 0.493 e. The van der Waals surface area contributed by atoms with E-state index in [-0.39, 0.29) is 12.6 Å². The molecule has 0 aliphatic rings. The highest BCUT2D eigenvalue weighted by molar-refractivity contribution is 6.31. The normalized spacial score (nSPS) is 12.3. The Morgan fingerprint density at radius 3 is 2.35 bits per heavy atom. The highest BCUT2D eigenvalue weighted by atomic mass is 35.5. The molecular weight excluding hydrogens is 242 g/mol. The Morgan fingerprint density at radius 2 is 1.88 bits per heavy atom. The van der Waals surface area contributed by atoms with E-state index in [1.807, 2.05) is 13.1 Å². The van der Waals surface area contributed by atoms with Gasteiger partial charge in [-0.3, -0.25) is 0 Å². The van der Waals surface area contributed by atoms with Crippen LogP contribution in [0.2, 0.25) is 5.02 Å². The van der Waals surface area contributed by atoms with E-state index >= 15 is 0 Å². The van der Waals surface area contributed by atoms with Gasteiger partial charge in [-0.15, -0.1) is 0 Å². The first-order valence-electron chi connectivity index (χ1n) is 5.37. The minimum absolute atomic E-state index is 0.00712. The fraction of sp³-hybridized carbons (Fsp3) is 0.500. The van der Waals surface area contributed by atoms with E-state index in [0.717, 1.165) is 5.56 Å². The summed E-state index contributed by atoms with van der Waals surface area (Å²) < 4.78 is 10.4. The van der Waals surface area contributed by atoms with Gasteiger partial charge in [-0.05, 0) is 25.1 Å². The van der Waals surface area contributed by atoms with Crippen molar-refractivity contribution < 1.29 is 14.6 Å². The molecule has 0 saturated carbocycles. The van der Waals surface area contributed by atoms with E-state index in [1.165, 1.54) is 0 Å². The molecule has 0 saturated heterocycles. The SMILES string of the molecule is CNC(CCO)c1cc(OC)c(OC)cc1Cl. The number of hydrogen-bond donors (Lipinski definition) is 2. The lowest BCUT2D eigenvalue weighted by atomic mass is 10.0. The molecule has 0 fully saturated rings. The van der Waals surface area contributed by atoms with Gasteiger partial charge < -0.3 is 19.9 Å². The second-order valence-corrected chi connectivity index (χ2v) is 3.99. The molecule has 0 amide bonds. The van der Waals surface area contributed by atoms with Crippen LogP contribution in [0.5, 0.6) is 11.5 Å². The zero-order valence-corrected chi connectivity index (χ0v) is 11.0. The van der Waals surface area contributed by atoms with E-state index in [4.69, 9.17) is 26.2 Å². The van der Waals surface area contributed by atoms with E-state index in [1.54, 1.807) is 20.3 Å². The minimum atomic E-state index is -0.00712. The van der Waals surface area contributed by atoms with E-state index in [9.17, 15) is 0 Å². The Bertz CT molecular complexity index is 371. The summed E-state index contributed by atoms with van der Waals surface area (Å²) in [6.07, 6.45) is 0.589. The van der Waals surface area contributed by atoms with Crippen LogP contribution in [0.1, 0.15) is 18.0 Å². The fourth-order valence-electron chi connectivity index (χ4n) is 1.72. The van der Waals surface area contributed by atoms with Crippen LogP contribution in [0.15, 0.2) is 12.1 Å². The number of rotatable bonds is 6. The average Bonchev–Trinajstić information content (AvgIpc) is 2.36. The monoisotopic (exact) mass is 259 g/mol. The van der Waals surface area contributed by atoms with Crippen molar-refractivity contribution in [3.05, 3.63) is 22.7 Å². The zero-order chi connectivity index (χ0) is 12.8. The van der Waals surface area contributed by atoms with Gasteiger partial charge >= 0.3 is 0 Å². The van der Waals surface area contributed by atoms with Crippen molar-refractivity contribution in [2.24, 2.45) is 0 Å². The first-order valence-corrected chi connectivity index (χ1v) is 5.75. The van der Waals surface area contributed by atoms with Crippen LogP contribution in [0.3, 0.4) is 0 Å². The van der Waals surface area contributed by atoms with Gasteiger partial charge in [-0.2, -0.15) is 0 Å². The third-order valence-corrected chi connectivity index (χ3v) is 2.97. The molecule has 1 unspecified atom stereocenters. The van der Waals surface area contributed by atoms with Crippen LogP contribution in [0.25, 0.3) is 0 Å². The summed E-state index contributed by atoms with van der Waals surface area (Å²) in [6, 6.07) is 3.54. The molecule has 1 aromatic rings. The fourth-order valence-corrected chi connectivity index (χ4v) is 2.01. The predicted octanol–water partition coefficient (Wildman–Crippen LogP) is 2.00. The molecule has 96 valence electrons. The van der Waals surface area contributed by atoms with Crippen molar-refractivity contribution >= 4 is 11.6 Å². The maximum absolute atomic E-state index is 9.01. The van der Waals surface area contributed by atoms with Crippen molar-refractivity contribution in [2.45, 2.75) is 12.5 Å². The van der Waals surface area contributed by atoms with Crippen molar-refractivity contribution in [2.75, 3.05) is 27.9 Å². The average molecular weight is 260 g/mol. The number of benzene rings is 1. The number of aliphatic hydroxyl groups is 1. The molecule has 0 aliphatic carbocycles. The number of halogens is 1. The molecule has 0 aromatic heterocycles. The van der Waals surface area contributed by atoms with Crippen LogP contribution in [-0.4, -0.2) is 33.0 Å². The number of methoxy groups -OCH3 is 2. The van der Waals surface area contributed by atoms with Gasteiger partial charge in [0.25, 0.3) is 0 Å². The predicted molar refractivity (Wildman–Crippen MR) is 68.1 cm³/mol. The smallest absolute Gasteiger partial charge is 0.162 e. The number of ether oxygens (including phenoxy) is 2. The first kappa shape index (κ1) is 14.1. The molecule has 1 aromatic carbocycles. The van der Waals surface area contributed by atoms with Crippen molar-refractivity contribution in [1.29, 1.82) is 0 Å². The summed E-state index contributed by atoms with van der Waals surface area (Å²) in [5, 5.41) is 12.7. The van der Waals surface area contributed by atoms with E-state index < -0.39 is 0 Å². The van der Waals surface area contributed by atoms with Gasteiger partial charge in [0.2, 0.25) is 0 Å². The van der Waals surface area contributed by atoms with E-state index in [0.29, 0.717) is 22.9 Å². The molecule has 0 spiro atoms. The second-order valence-electron chi connectivity index (χ2n) is 3.58. The van der Waals surface area contributed by atoms with Gasteiger partial charge in [0, 0.05) is 23.7 Å². The Hall–Kier alpha value is -0.970. The molecule has 0 bridgehead atoms. The Balaban J connectivity index is 3.14. The van der Waals surface area contributed by atoms with Gasteiger partial charge in [0.15, 0.2) is 11.5 Å². The Labute approximate surface area is 106 Å². The summed E-state index contributed by atoms with van der Waals surface area (Å²) in [5.74, 6) is 1.23. The molecule has 0 radical (unpaired) electrons. The quantitative estimate of drug-likeness (QED) is 0.821. The summed E-state index contributed by atoms with van der Waals surface area (Å²) in [6.45, 7) is 0.0934. The lowest BCUT2D eigenvalue weighted by Crippen LogP contribution is -2.18. The molecule has 17 heavy (non-hydrogen) atoms. The minimum Gasteiger partial charge on any atom is -0.493 e. The lowest BCUT2D eigenvalue weighted by Gasteiger charge is -2.19. The third-order valence-electron chi connectivity index (χ3n) is 2.64. The second kappa shape index (κ2) is 6.69. The van der Waals surface area contributed by atoms with Crippen LogP contribution in [0.4, 0.5) is 0 Å². The van der Waals surface area contributed by atoms with Crippen LogP contribution >= 0.6 is 11.6 Å².